The summed E-state index contributed by atoms with van der Waals surface area (Å²) < 4.78 is 16.1. The van der Waals surface area contributed by atoms with E-state index in [-0.39, 0.29) is 0 Å². The van der Waals surface area contributed by atoms with Crippen LogP contribution in [0.5, 0.6) is 0 Å². The van der Waals surface area contributed by atoms with Crippen LogP contribution < -0.4 is 5.73 Å². The van der Waals surface area contributed by atoms with Gasteiger partial charge in [-0.15, -0.1) is 0 Å². The Labute approximate surface area is 104 Å². The average molecular weight is 229 g/mol. The predicted molar refractivity (Wildman–Crippen MR) is 68.3 cm³/mol. The van der Waals surface area contributed by atoms with E-state index in [1.165, 1.54) is 16.7 Å². The summed E-state index contributed by atoms with van der Waals surface area (Å²) in [6.07, 6.45) is 0.217. The summed E-state index contributed by atoms with van der Waals surface area (Å²) in [5.74, 6) is -1.31. The Bertz CT molecular complexity index is 604. The maximum absolute atomic E-state index is 11.7. The fraction of sp³-hybridized carbons (Fsp3) is 0.400. The van der Waals surface area contributed by atoms with E-state index in [2.05, 4.69) is 18.2 Å². The molecule has 0 fully saturated rings. The fourth-order valence-corrected chi connectivity index (χ4v) is 2.92. The number of hydrogen-bond acceptors (Lipinski definition) is 1. The molecule has 0 heterocycles. The van der Waals surface area contributed by atoms with Gasteiger partial charge in [0.05, 0.1) is 5.92 Å². The molecule has 0 radical (unpaired) electrons. The Morgan fingerprint density at radius 2 is 2.35 bits per heavy atom. The zero-order valence-corrected chi connectivity index (χ0v) is 9.92. The van der Waals surface area contributed by atoms with Crippen LogP contribution in [0.15, 0.2) is 23.8 Å². The van der Waals surface area contributed by atoms with E-state index in [9.17, 15) is 4.79 Å². The lowest BCUT2D eigenvalue weighted by Gasteiger charge is -2.22. The van der Waals surface area contributed by atoms with Crippen molar-refractivity contribution in [1.29, 1.82) is 0 Å². The minimum atomic E-state index is -1.51. The molecule has 1 amide bonds. The quantitative estimate of drug-likeness (QED) is 0.790. The van der Waals surface area contributed by atoms with E-state index in [1.807, 2.05) is 6.92 Å². The summed E-state index contributed by atoms with van der Waals surface area (Å²) >= 11 is 0. The van der Waals surface area contributed by atoms with Crippen LogP contribution >= 0.6 is 0 Å². The van der Waals surface area contributed by atoms with E-state index in [0.717, 1.165) is 11.1 Å². The Morgan fingerprint density at radius 3 is 3.12 bits per heavy atom. The second-order valence-corrected chi connectivity index (χ2v) is 4.88. The lowest BCUT2D eigenvalue weighted by Crippen LogP contribution is -2.27. The van der Waals surface area contributed by atoms with Crippen molar-refractivity contribution >= 4 is 11.5 Å². The smallest absolute Gasteiger partial charge is 0.224 e. The Morgan fingerprint density at radius 1 is 1.53 bits per heavy atom. The number of hydrogen-bond donors (Lipinski definition) is 1. The number of carbonyl (C=O) groups excluding carboxylic acids is 1. The highest BCUT2D eigenvalue weighted by Gasteiger charge is 2.32. The van der Waals surface area contributed by atoms with Gasteiger partial charge in [-0.1, -0.05) is 23.8 Å². The molecule has 1 aromatic carbocycles. The van der Waals surface area contributed by atoms with Crippen molar-refractivity contribution in [3.8, 4) is 0 Å². The maximum Gasteiger partial charge on any atom is 0.224 e. The van der Waals surface area contributed by atoms with E-state index >= 15 is 0 Å². The van der Waals surface area contributed by atoms with Crippen LogP contribution in [0.3, 0.4) is 0 Å². The van der Waals surface area contributed by atoms with Gasteiger partial charge in [0, 0.05) is 2.74 Å². The molecular formula is C15H17NO. The van der Waals surface area contributed by atoms with Crippen LogP contribution in [-0.4, -0.2) is 5.91 Å². The van der Waals surface area contributed by atoms with Crippen molar-refractivity contribution in [3.63, 3.8) is 0 Å². The number of aryl methyl sites for hydroxylation is 1. The van der Waals surface area contributed by atoms with Crippen LogP contribution in [0, 0.1) is 12.8 Å². The summed E-state index contributed by atoms with van der Waals surface area (Å²) in [4.78, 5) is 11.7. The van der Waals surface area contributed by atoms with Crippen LogP contribution in [0.2, 0.25) is 0 Å². The molecular weight excluding hydrogens is 210 g/mol. The number of amides is 1. The van der Waals surface area contributed by atoms with E-state index in [0.29, 0.717) is 19.3 Å². The van der Waals surface area contributed by atoms with Crippen molar-refractivity contribution in [1.82, 2.24) is 0 Å². The van der Waals surface area contributed by atoms with Crippen molar-refractivity contribution in [2.45, 2.75) is 32.6 Å². The summed E-state index contributed by atoms with van der Waals surface area (Å²) in [7, 11) is 0. The van der Waals surface area contributed by atoms with Gasteiger partial charge in [0.1, 0.15) is 0 Å². The lowest BCUT2D eigenvalue weighted by atomic mass is 9.82. The summed E-state index contributed by atoms with van der Waals surface area (Å²) in [5.41, 5.74) is 11.1. The minimum absolute atomic E-state index is 0.368. The topological polar surface area (TPSA) is 43.1 Å². The zero-order chi connectivity index (χ0) is 13.8. The van der Waals surface area contributed by atoms with E-state index < -0.39 is 18.2 Å². The van der Waals surface area contributed by atoms with Gasteiger partial charge in [0.2, 0.25) is 5.91 Å². The van der Waals surface area contributed by atoms with Crippen molar-refractivity contribution < 1.29 is 7.54 Å². The van der Waals surface area contributed by atoms with Crippen molar-refractivity contribution in [2.75, 3.05) is 0 Å². The first-order valence-corrected chi connectivity index (χ1v) is 6.01. The molecule has 0 spiro atoms. The molecule has 0 aliphatic heterocycles. The summed E-state index contributed by atoms with van der Waals surface area (Å²) in [5, 5.41) is 0. The molecule has 2 nitrogen and oxygen atoms in total. The third kappa shape index (κ3) is 1.59. The first-order chi connectivity index (χ1) is 8.90. The van der Waals surface area contributed by atoms with Crippen molar-refractivity contribution in [2.24, 2.45) is 11.7 Å². The van der Waals surface area contributed by atoms with Gasteiger partial charge < -0.3 is 5.73 Å². The first-order valence-electron chi connectivity index (χ1n) is 7.01. The molecule has 3 rings (SSSR count). The highest BCUT2D eigenvalue weighted by molar-refractivity contribution is 5.87. The molecule has 2 heteroatoms. The number of benzene rings is 1. The minimum Gasteiger partial charge on any atom is -0.369 e. The molecule has 1 aromatic rings. The Balaban J connectivity index is 2.13. The third-order valence-corrected chi connectivity index (χ3v) is 3.72. The lowest BCUT2D eigenvalue weighted by molar-refractivity contribution is -0.121. The van der Waals surface area contributed by atoms with E-state index in [4.69, 9.17) is 8.48 Å². The Kier molecular flexibility index (Phi) is 1.87. The van der Waals surface area contributed by atoms with Crippen LogP contribution in [0.1, 0.15) is 38.6 Å². The van der Waals surface area contributed by atoms with Gasteiger partial charge in [-0.3, -0.25) is 4.79 Å². The fourth-order valence-electron chi connectivity index (χ4n) is 2.92. The van der Waals surface area contributed by atoms with Crippen LogP contribution in [0.25, 0.3) is 5.57 Å². The molecule has 2 aliphatic rings. The normalized spacial score (nSPS) is 27.0. The van der Waals surface area contributed by atoms with Crippen LogP contribution in [0.4, 0.5) is 0 Å². The Hall–Kier alpha value is -1.57. The number of rotatable bonds is 1. The third-order valence-electron chi connectivity index (χ3n) is 3.72. The number of primary amides is 1. The molecule has 17 heavy (non-hydrogen) atoms. The van der Waals surface area contributed by atoms with Gasteiger partial charge in [-0.2, -0.15) is 0 Å². The number of fused-ring (bicyclic) bond motifs is 2. The highest BCUT2D eigenvalue weighted by Crippen LogP contribution is 2.44. The van der Waals surface area contributed by atoms with Gasteiger partial charge >= 0.3 is 0 Å². The molecule has 0 aromatic heterocycles. The molecule has 0 bridgehead atoms. The first kappa shape index (κ1) is 8.51. The van der Waals surface area contributed by atoms with Gasteiger partial charge in [0.25, 0.3) is 0 Å². The summed E-state index contributed by atoms with van der Waals surface area (Å²) in [6, 6.07) is 6.28. The SMILES string of the molecule is [2H]C1([2H])CCC2=C(Cc3ccc(C)cc32)C1C(N)=O. The second-order valence-electron chi connectivity index (χ2n) is 4.88. The molecule has 88 valence electrons. The average Bonchev–Trinajstić information content (AvgIpc) is 2.64. The van der Waals surface area contributed by atoms with Crippen molar-refractivity contribution in [3.05, 3.63) is 40.5 Å². The molecule has 2 aliphatic carbocycles. The second kappa shape index (κ2) is 3.73. The van der Waals surface area contributed by atoms with Crippen LogP contribution in [-0.2, 0) is 11.2 Å². The zero-order valence-electron chi connectivity index (χ0n) is 11.9. The molecule has 2 N–H and O–H groups in total. The van der Waals surface area contributed by atoms with Gasteiger partial charge in [0.15, 0.2) is 0 Å². The largest absolute Gasteiger partial charge is 0.369 e. The molecule has 1 unspecified atom stereocenters. The number of nitrogens with two attached hydrogens (primary N) is 1. The van der Waals surface area contributed by atoms with E-state index in [1.54, 1.807) is 0 Å². The van der Waals surface area contributed by atoms with Gasteiger partial charge in [-0.25, -0.2) is 0 Å². The molecule has 1 atom stereocenters. The molecule has 0 saturated carbocycles. The standard InChI is InChI=1S/C15H17NO/c1-9-5-6-10-8-14-11(13(10)7-9)3-2-4-12(14)15(16)17/h5-7,12H,2-4,8H2,1H3,(H2,16,17)/i4D2. The molecule has 0 saturated heterocycles. The maximum atomic E-state index is 11.7. The van der Waals surface area contributed by atoms with Gasteiger partial charge in [-0.05, 0) is 54.8 Å². The highest BCUT2D eigenvalue weighted by atomic mass is 16.1. The summed E-state index contributed by atoms with van der Waals surface area (Å²) in [6.45, 7) is 2.05. The predicted octanol–water partition coefficient (Wildman–Crippen LogP) is 2.59. The number of allylic oxidation sites excluding steroid dienone is 1. The monoisotopic (exact) mass is 229 g/mol. The number of carbonyl (C=O) groups is 1.